The van der Waals surface area contributed by atoms with E-state index < -0.39 is 0 Å². The number of nitrogens with one attached hydrogen (secondary N) is 1. The van der Waals surface area contributed by atoms with Crippen LogP contribution in [-0.4, -0.2) is 18.0 Å². The summed E-state index contributed by atoms with van der Waals surface area (Å²) in [5, 5.41) is 2.95. The Balaban J connectivity index is 2.01. The lowest BCUT2D eigenvalue weighted by molar-refractivity contribution is 0.201. The Bertz CT molecular complexity index is 674. The number of benzene rings is 2. The van der Waals surface area contributed by atoms with Crippen LogP contribution in [0, 0.1) is 6.92 Å². The van der Waals surface area contributed by atoms with E-state index in [4.69, 9.17) is 0 Å². The summed E-state index contributed by atoms with van der Waals surface area (Å²) in [6.07, 6.45) is 2.10. The van der Waals surface area contributed by atoms with Gasteiger partial charge in [0.15, 0.2) is 0 Å². The van der Waals surface area contributed by atoms with Gasteiger partial charge in [0.1, 0.15) is 0 Å². The smallest absolute Gasteiger partial charge is 0.317 e. The molecule has 0 aromatic heterocycles. The Morgan fingerprint density at radius 3 is 2.33 bits per heavy atom. The summed E-state index contributed by atoms with van der Waals surface area (Å²) in [6.45, 7) is 2.05. The van der Waals surface area contributed by atoms with E-state index in [0.717, 1.165) is 16.8 Å². The zero-order valence-corrected chi connectivity index (χ0v) is 12.2. The van der Waals surface area contributed by atoms with Gasteiger partial charge < -0.3 is 10.2 Å². The van der Waals surface area contributed by atoms with E-state index in [1.54, 1.807) is 4.90 Å². The average molecular weight is 278 g/mol. The number of nitrogens with zero attached hydrogens (tertiary/aromatic N) is 1. The molecule has 0 spiro atoms. The number of likely N-dealkylation sites (N-methyl/N-ethyl adjacent to an activating group) is 1. The zero-order chi connectivity index (χ0) is 14.8. The third kappa shape index (κ3) is 2.68. The van der Waals surface area contributed by atoms with Crippen LogP contribution in [0.3, 0.4) is 0 Å². The number of carbonyl (C=O) groups is 1. The van der Waals surface area contributed by atoms with E-state index in [2.05, 4.69) is 30.4 Å². The molecule has 3 rings (SSSR count). The second-order valence-electron chi connectivity index (χ2n) is 5.34. The van der Waals surface area contributed by atoms with Gasteiger partial charge in [0.05, 0.1) is 6.04 Å². The van der Waals surface area contributed by atoms with Crippen LogP contribution in [0.4, 0.5) is 4.79 Å². The van der Waals surface area contributed by atoms with Crippen LogP contribution in [0.5, 0.6) is 0 Å². The third-order valence-electron chi connectivity index (χ3n) is 3.81. The van der Waals surface area contributed by atoms with E-state index in [0.29, 0.717) is 0 Å². The molecule has 0 bridgehead atoms. The maximum atomic E-state index is 12.2. The molecule has 1 aliphatic heterocycles. The van der Waals surface area contributed by atoms with Gasteiger partial charge in [-0.3, -0.25) is 0 Å². The SMILES string of the molecule is Cc1ccc(C2=CC(c3ccccc3)N(C)C(=O)N2)cc1. The molecule has 2 aromatic carbocycles. The fourth-order valence-corrected chi connectivity index (χ4v) is 2.51. The lowest BCUT2D eigenvalue weighted by Gasteiger charge is -2.32. The number of rotatable bonds is 2. The van der Waals surface area contributed by atoms with E-state index in [-0.39, 0.29) is 12.1 Å². The summed E-state index contributed by atoms with van der Waals surface area (Å²) in [5.74, 6) is 0. The van der Waals surface area contributed by atoms with Crippen LogP contribution in [0.1, 0.15) is 22.7 Å². The Hall–Kier alpha value is -2.55. The molecule has 1 unspecified atom stereocenters. The fourth-order valence-electron chi connectivity index (χ4n) is 2.51. The maximum absolute atomic E-state index is 12.2. The number of aryl methyl sites for hydroxylation is 1. The van der Waals surface area contributed by atoms with Crippen molar-refractivity contribution in [1.29, 1.82) is 0 Å². The third-order valence-corrected chi connectivity index (χ3v) is 3.81. The van der Waals surface area contributed by atoms with Crippen LogP contribution in [-0.2, 0) is 0 Å². The molecular formula is C18H18N2O. The molecule has 2 aromatic rings. The van der Waals surface area contributed by atoms with Crippen LogP contribution in [0.15, 0.2) is 60.7 Å². The number of urea groups is 1. The van der Waals surface area contributed by atoms with Crippen molar-refractivity contribution in [3.63, 3.8) is 0 Å². The highest BCUT2D eigenvalue weighted by Gasteiger charge is 2.26. The molecule has 0 aliphatic carbocycles. The summed E-state index contributed by atoms with van der Waals surface area (Å²) in [5.41, 5.74) is 4.22. The van der Waals surface area contributed by atoms with Crippen molar-refractivity contribution < 1.29 is 4.79 Å². The molecule has 106 valence electrons. The number of hydrogen-bond acceptors (Lipinski definition) is 1. The van der Waals surface area contributed by atoms with Gasteiger partial charge in [-0.15, -0.1) is 0 Å². The van der Waals surface area contributed by atoms with Crippen molar-refractivity contribution in [2.24, 2.45) is 0 Å². The lowest BCUT2D eigenvalue weighted by Crippen LogP contribution is -2.42. The highest BCUT2D eigenvalue weighted by Crippen LogP contribution is 2.28. The molecule has 3 nitrogen and oxygen atoms in total. The van der Waals surface area contributed by atoms with Crippen molar-refractivity contribution in [1.82, 2.24) is 10.2 Å². The standard InChI is InChI=1S/C18H18N2O/c1-13-8-10-14(11-9-13)16-12-17(20(2)18(21)19-16)15-6-4-3-5-7-15/h3-12,17H,1-2H3,(H,19,21). The number of amides is 2. The Kier molecular flexibility index (Phi) is 3.48. The van der Waals surface area contributed by atoms with Gasteiger partial charge in [-0.05, 0) is 24.1 Å². The van der Waals surface area contributed by atoms with Crippen molar-refractivity contribution in [3.05, 3.63) is 77.4 Å². The summed E-state index contributed by atoms with van der Waals surface area (Å²) in [6, 6.07) is 18.1. The molecule has 21 heavy (non-hydrogen) atoms. The lowest BCUT2D eigenvalue weighted by atomic mass is 10.00. The zero-order valence-electron chi connectivity index (χ0n) is 12.2. The molecule has 1 N–H and O–H groups in total. The van der Waals surface area contributed by atoms with Crippen LogP contribution in [0.2, 0.25) is 0 Å². The first kappa shape index (κ1) is 13.4. The van der Waals surface area contributed by atoms with Crippen molar-refractivity contribution in [2.45, 2.75) is 13.0 Å². The second kappa shape index (κ2) is 5.44. The maximum Gasteiger partial charge on any atom is 0.322 e. The molecule has 3 heteroatoms. The number of carbonyl (C=O) groups excluding carboxylic acids is 1. The number of hydrogen-bond donors (Lipinski definition) is 1. The molecule has 1 heterocycles. The van der Waals surface area contributed by atoms with Gasteiger partial charge in [0.2, 0.25) is 0 Å². The minimum Gasteiger partial charge on any atom is -0.317 e. The Morgan fingerprint density at radius 2 is 1.67 bits per heavy atom. The minimum absolute atomic E-state index is 0.0451. The topological polar surface area (TPSA) is 32.3 Å². The predicted molar refractivity (Wildman–Crippen MR) is 84.6 cm³/mol. The molecular weight excluding hydrogens is 260 g/mol. The minimum atomic E-state index is -0.0815. The summed E-state index contributed by atoms with van der Waals surface area (Å²) in [7, 11) is 1.81. The molecule has 0 saturated heterocycles. The summed E-state index contributed by atoms with van der Waals surface area (Å²) < 4.78 is 0. The second-order valence-corrected chi connectivity index (χ2v) is 5.34. The first-order chi connectivity index (χ1) is 10.1. The predicted octanol–water partition coefficient (Wildman–Crippen LogP) is 3.73. The van der Waals surface area contributed by atoms with Crippen LogP contribution < -0.4 is 5.32 Å². The monoisotopic (exact) mass is 278 g/mol. The van der Waals surface area contributed by atoms with Crippen molar-refractivity contribution in [2.75, 3.05) is 7.05 Å². The molecule has 2 amide bonds. The normalized spacial score (nSPS) is 18.2. The highest BCUT2D eigenvalue weighted by molar-refractivity contribution is 5.88. The molecule has 0 saturated carbocycles. The van der Waals surface area contributed by atoms with Gasteiger partial charge in [-0.25, -0.2) is 4.79 Å². The molecule has 0 fully saturated rings. The van der Waals surface area contributed by atoms with Gasteiger partial charge >= 0.3 is 6.03 Å². The highest BCUT2D eigenvalue weighted by atomic mass is 16.2. The van der Waals surface area contributed by atoms with E-state index in [1.165, 1.54) is 5.56 Å². The van der Waals surface area contributed by atoms with Crippen LogP contribution >= 0.6 is 0 Å². The molecule has 1 aliphatic rings. The van der Waals surface area contributed by atoms with Gasteiger partial charge in [-0.1, -0.05) is 60.2 Å². The van der Waals surface area contributed by atoms with E-state index in [9.17, 15) is 4.79 Å². The van der Waals surface area contributed by atoms with Gasteiger partial charge in [-0.2, -0.15) is 0 Å². The summed E-state index contributed by atoms with van der Waals surface area (Å²) in [4.78, 5) is 13.9. The first-order valence-corrected chi connectivity index (χ1v) is 7.03. The fraction of sp³-hybridized carbons (Fsp3) is 0.167. The molecule has 0 radical (unpaired) electrons. The first-order valence-electron chi connectivity index (χ1n) is 7.03. The van der Waals surface area contributed by atoms with Crippen molar-refractivity contribution >= 4 is 11.7 Å². The quantitative estimate of drug-likeness (QED) is 0.892. The van der Waals surface area contributed by atoms with E-state index in [1.807, 2.05) is 49.5 Å². The van der Waals surface area contributed by atoms with Gasteiger partial charge in [0.25, 0.3) is 0 Å². The molecule has 1 atom stereocenters. The Morgan fingerprint density at radius 1 is 1.00 bits per heavy atom. The Labute approximate surface area is 124 Å². The average Bonchev–Trinajstić information content (AvgIpc) is 2.51. The van der Waals surface area contributed by atoms with Crippen LogP contribution in [0.25, 0.3) is 5.70 Å². The van der Waals surface area contributed by atoms with Gasteiger partial charge in [0, 0.05) is 12.7 Å². The summed E-state index contributed by atoms with van der Waals surface area (Å²) >= 11 is 0. The largest absolute Gasteiger partial charge is 0.322 e. The van der Waals surface area contributed by atoms with E-state index >= 15 is 0 Å². The van der Waals surface area contributed by atoms with Crippen molar-refractivity contribution in [3.8, 4) is 0 Å².